The third-order valence-corrected chi connectivity index (χ3v) is 3.80. The molecule has 0 spiro atoms. The Labute approximate surface area is 124 Å². The van der Waals surface area contributed by atoms with E-state index in [0.29, 0.717) is 13.0 Å². The van der Waals surface area contributed by atoms with Crippen molar-refractivity contribution in [1.82, 2.24) is 10.6 Å². The van der Waals surface area contributed by atoms with E-state index in [0.717, 1.165) is 30.4 Å². The van der Waals surface area contributed by atoms with Crippen molar-refractivity contribution in [2.75, 3.05) is 19.6 Å². The van der Waals surface area contributed by atoms with E-state index in [1.165, 1.54) is 11.1 Å². The first kappa shape index (κ1) is 16.2. The molecule has 0 heterocycles. The molecule has 19 heavy (non-hydrogen) atoms. The lowest BCUT2D eigenvalue weighted by Crippen LogP contribution is -2.32. The molecule has 1 aromatic carbocycles. The second-order valence-electron chi connectivity index (χ2n) is 4.68. The van der Waals surface area contributed by atoms with E-state index in [1.54, 1.807) is 0 Å². The summed E-state index contributed by atoms with van der Waals surface area (Å²) in [6.45, 7) is 6.75. The monoisotopic (exact) mass is 326 g/mol. The number of nitrogens with one attached hydrogen (secondary N) is 2. The summed E-state index contributed by atoms with van der Waals surface area (Å²) in [5.74, 6) is 0.124. The van der Waals surface area contributed by atoms with Crippen molar-refractivity contribution in [3.05, 3.63) is 33.8 Å². The second kappa shape index (κ2) is 9.10. The molecule has 1 rings (SSSR count). The maximum atomic E-state index is 11.7. The van der Waals surface area contributed by atoms with Crippen molar-refractivity contribution < 1.29 is 4.79 Å². The van der Waals surface area contributed by atoms with Crippen LogP contribution in [0.2, 0.25) is 0 Å². The summed E-state index contributed by atoms with van der Waals surface area (Å²) in [6, 6.07) is 6.23. The molecule has 2 N–H and O–H groups in total. The van der Waals surface area contributed by atoms with Crippen molar-refractivity contribution in [3.63, 3.8) is 0 Å². The molecule has 1 aromatic rings. The van der Waals surface area contributed by atoms with E-state index in [4.69, 9.17) is 0 Å². The van der Waals surface area contributed by atoms with Crippen LogP contribution in [0.25, 0.3) is 0 Å². The van der Waals surface area contributed by atoms with Crippen molar-refractivity contribution in [3.8, 4) is 0 Å². The molecule has 0 aliphatic rings. The van der Waals surface area contributed by atoms with Gasteiger partial charge in [-0.3, -0.25) is 4.79 Å². The molecular formula is C15H23BrN2O. The van der Waals surface area contributed by atoms with Gasteiger partial charge in [0.15, 0.2) is 0 Å². The Morgan fingerprint density at radius 1 is 1.26 bits per heavy atom. The van der Waals surface area contributed by atoms with Gasteiger partial charge in [0.05, 0.1) is 0 Å². The van der Waals surface area contributed by atoms with Gasteiger partial charge >= 0.3 is 0 Å². The van der Waals surface area contributed by atoms with Crippen LogP contribution in [-0.4, -0.2) is 25.5 Å². The van der Waals surface area contributed by atoms with Crippen LogP contribution in [0, 0.1) is 6.92 Å². The summed E-state index contributed by atoms with van der Waals surface area (Å²) in [5, 5.41) is 6.19. The first-order valence-electron chi connectivity index (χ1n) is 6.86. The van der Waals surface area contributed by atoms with Crippen LogP contribution in [0.5, 0.6) is 0 Å². The maximum Gasteiger partial charge on any atom is 0.220 e. The lowest BCUT2D eigenvalue weighted by molar-refractivity contribution is -0.121. The van der Waals surface area contributed by atoms with E-state index < -0.39 is 0 Å². The van der Waals surface area contributed by atoms with E-state index in [9.17, 15) is 4.79 Å². The number of benzene rings is 1. The number of amides is 1. The fourth-order valence-electron chi connectivity index (χ4n) is 1.80. The fourth-order valence-corrected chi connectivity index (χ4v) is 2.05. The molecule has 0 bridgehead atoms. The van der Waals surface area contributed by atoms with Crippen molar-refractivity contribution in [2.45, 2.75) is 33.1 Å². The lowest BCUT2D eigenvalue weighted by Gasteiger charge is -2.07. The summed E-state index contributed by atoms with van der Waals surface area (Å²) in [7, 11) is 0. The number of rotatable bonds is 8. The largest absolute Gasteiger partial charge is 0.355 e. The van der Waals surface area contributed by atoms with Crippen LogP contribution in [0.1, 0.15) is 30.9 Å². The van der Waals surface area contributed by atoms with E-state index in [1.807, 2.05) is 6.07 Å². The zero-order chi connectivity index (χ0) is 14.1. The number of halogens is 1. The molecular weight excluding hydrogens is 304 g/mol. The highest BCUT2D eigenvalue weighted by Gasteiger charge is 2.03. The fraction of sp³-hybridized carbons (Fsp3) is 0.533. The van der Waals surface area contributed by atoms with Gasteiger partial charge in [-0.1, -0.05) is 35.0 Å². The minimum absolute atomic E-state index is 0.124. The molecule has 0 aromatic heterocycles. The highest BCUT2D eigenvalue weighted by molar-refractivity contribution is 9.10. The number of carbonyl (C=O) groups is 1. The Morgan fingerprint density at radius 3 is 2.74 bits per heavy atom. The number of carbonyl (C=O) groups excluding carboxylic acids is 1. The average Bonchev–Trinajstić information content (AvgIpc) is 2.40. The van der Waals surface area contributed by atoms with Gasteiger partial charge in [0, 0.05) is 24.0 Å². The number of hydrogen-bond donors (Lipinski definition) is 2. The van der Waals surface area contributed by atoms with Gasteiger partial charge in [0.1, 0.15) is 0 Å². The molecule has 0 radical (unpaired) electrons. The van der Waals surface area contributed by atoms with Gasteiger partial charge in [0.2, 0.25) is 5.91 Å². The predicted octanol–water partition coefficient (Wildman–Crippen LogP) is 2.81. The Kier molecular flexibility index (Phi) is 7.75. The van der Waals surface area contributed by atoms with Crippen LogP contribution >= 0.6 is 15.9 Å². The molecule has 0 atom stereocenters. The molecule has 0 aliphatic heterocycles. The van der Waals surface area contributed by atoms with Crippen LogP contribution in [0.4, 0.5) is 0 Å². The van der Waals surface area contributed by atoms with Gasteiger partial charge in [-0.2, -0.15) is 0 Å². The molecule has 3 nitrogen and oxygen atoms in total. The molecule has 0 fully saturated rings. The first-order valence-corrected chi connectivity index (χ1v) is 7.65. The normalized spacial score (nSPS) is 10.5. The third-order valence-electron chi connectivity index (χ3n) is 2.91. The Bertz CT molecular complexity index is 407. The van der Waals surface area contributed by atoms with E-state index in [2.05, 4.69) is 52.5 Å². The third kappa shape index (κ3) is 6.73. The van der Waals surface area contributed by atoms with Gasteiger partial charge < -0.3 is 10.6 Å². The zero-order valence-electron chi connectivity index (χ0n) is 11.8. The minimum atomic E-state index is 0.124. The van der Waals surface area contributed by atoms with Crippen molar-refractivity contribution >= 4 is 21.8 Å². The van der Waals surface area contributed by atoms with Gasteiger partial charge in [-0.15, -0.1) is 0 Å². The predicted molar refractivity (Wildman–Crippen MR) is 83.4 cm³/mol. The molecule has 0 aliphatic carbocycles. The molecule has 0 unspecified atom stereocenters. The number of hydrogen-bond acceptors (Lipinski definition) is 2. The van der Waals surface area contributed by atoms with Crippen LogP contribution in [0.15, 0.2) is 22.7 Å². The Morgan fingerprint density at radius 2 is 2.05 bits per heavy atom. The Hall–Kier alpha value is -0.870. The summed E-state index contributed by atoms with van der Waals surface area (Å²) in [6.07, 6.45) is 2.47. The van der Waals surface area contributed by atoms with Gasteiger partial charge in [-0.25, -0.2) is 0 Å². The van der Waals surface area contributed by atoms with Gasteiger partial charge in [-0.05, 0) is 43.5 Å². The highest BCUT2D eigenvalue weighted by atomic mass is 79.9. The minimum Gasteiger partial charge on any atom is -0.355 e. The van der Waals surface area contributed by atoms with E-state index >= 15 is 0 Å². The summed E-state index contributed by atoms with van der Waals surface area (Å²) >= 11 is 3.48. The summed E-state index contributed by atoms with van der Waals surface area (Å²) in [4.78, 5) is 11.7. The SMILES string of the molecule is CCCNCCNC(=O)CCc1ccc(Br)c(C)c1. The Balaban J connectivity index is 2.20. The maximum absolute atomic E-state index is 11.7. The standard InChI is InChI=1S/C15H23BrN2O/c1-3-8-17-9-10-18-15(19)7-5-13-4-6-14(16)12(2)11-13/h4,6,11,17H,3,5,7-10H2,1-2H3,(H,18,19). The van der Waals surface area contributed by atoms with Gasteiger partial charge in [0.25, 0.3) is 0 Å². The van der Waals surface area contributed by atoms with Crippen molar-refractivity contribution in [1.29, 1.82) is 0 Å². The van der Waals surface area contributed by atoms with E-state index in [-0.39, 0.29) is 5.91 Å². The van der Waals surface area contributed by atoms with Crippen LogP contribution < -0.4 is 10.6 Å². The molecule has 106 valence electrons. The molecule has 4 heteroatoms. The van der Waals surface area contributed by atoms with Crippen LogP contribution in [0.3, 0.4) is 0 Å². The lowest BCUT2D eigenvalue weighted by atomic mass is 10.1. The quantitative estimate of drug-likeness (QED) is 0.721. The summed E-state index contributed by atoms with van der Waals surface area (Å²) < 4.78 is 1.11. The molecule has 0 saturated heterocycles. The second-order valence-corrected chi connectivity index (χ2v) is 5.54. The molecule has 0 saturated carbocycles. The average molecular weight is 327 g/mol. The summed E-state index contributed by atoms with van der Waals surface area (Å²) in [5.41, 5.74) is 2.42. The topological polar surface area (TPSA) is 41.1 Å². The molecule has 1 amide bonds. The van der Waals surface area contributed by atoms with Crippen molar-refractivity contribution in [2.24, 2.45) is 0 Å². The smallest absolute Gasteiger partial charge is 0.220 e. The highest BCUT2D eigenvalue weighted by Crippen LogP contribution is 2.17. The number of aryl methyl sites for hydroxylation is 2. The zero-order valence-corrected chi connectivity index (χ0v) is 13.3. The van der Waals surface area contributed by atoms with Crippen LogP contribution in [-0.2, 0) is 11.2 Å². The first-order chi connectivity index (χ1) is 9.13.